The highest BCUT2D eigenvalue weighted by atomic mass is 79.9. The van der Waals surface area contributed by atoms with Crippen LogP contribution >= 0.6 is 28.3 Å². The number of halogens is 2. The normalized spacial score (nSPS) is 19.6. The number of benzene rings is 2. The Balaban J connectivity index is 0.00000256. The van der Waals surface area contributed by atoms with E-state index in [1.54, 1.807) is 6.07 Å². The monoisotopic (exact) mass is 492 g/mol. The summed E-state index contributed by atoms with van der Waals surface area (Å²) in [6.07, 6.45) is 2.53. The average molecular weight is 494 g/mol. The first-order chi connectivity index (χ1) is 13.7. The molecule has 6 heteroatoms. The molecular formula is C24H30BrClN2O2. The molecule has 0 aliphatic carbocycles. The third-order valence-electron chi connectivity index (χ3n) is 5.92. The molecule has 1 N–H and O–H groups in total. The molecule has 30 heavy (non-hydrogen) atoms. The van der Waals surface area contributed by atoms with Crippen LogP contribution in [0, 0.1) is 0 Å². The Morgan fingerprint density at radius 3 is 2.70 bits per heavy atom. The number of hydrogen-bond acceptors (Lipinski definition) is 3. The maximum atomic E-state index is 12.8. The van der Waals surface area contributed by atoms with Crippen LogP contribution in [-0.2, 0) is 5.41 Å². The summed E-state index contributed by atoms with van der Waals surface area (Å²) in [4.78, 5) is 15.4. The van der Waals surface area contributed by atoms with E-state index < -0.39 is 0 Å². The first kappa shape index (κ1) is 23.1. The molecule has 0 spiro atoms. The van der Waals surface area contributed by atoms with Crippen LogP contribution in [0.5, 0.6) is 5.75 Å². The molecular weight excluding hydrogens is 464 g/mol. The van der Waals surface area contributed by atoms with Crippen LogP contribution in [0.15, 0.2) is 40.9 Å². The zero-order valence-electron chi connectivity index (χ0n) is 18.0. The van der Waals surface area contributed by atoms with Crippen LogP contribution in [0.2, 0.25) is 0 Å². The van der Waals surface area contributed by atoms with Gasteiger partial charge in [-0.25, -0.2) is 0 Å². The van der Waals surface area contributed by atoms with Crippen molar-refractivity contribution in [2.24, 2.45) is 0 Å². The smallest absolute Gasteiger partial charge is 0.255 e. The van der Waals surface area contributed by atoms with Gasteiger partial charge in [0.25, 0.3) is 5.91 Å². The van der Waals surface area contributed by atoms with Crippen LogP contribution in [0.4, 0.5) is 5.69 Å². The maximum Gasteiger partial charge on any atom is 0.255 e. The Morgan fingerprint density at radius 2 is 2.00 bits per heavy atom. The number of ether oxygens (including phenoxy) is 1. The van der Waals surface area contributed by atoms with E-state index in [1.807, 2.05) is 32.0 Å². The van der Waals surface area contributed by atoms with Crippen molar-refractivity contribution in [2.75, 3.05) is 18.4 Å². The topological polar surface area (TPSA) is 41.6 Å². The number of hydrogen-bond donors (Lipinski definition) is 1. The molecule has 2 aromatic carbocycles. The molecule has 2 aliphatic heterocycles. The van der Waals surface area contributed by atoms with Crippen molar-refractivity contribution in [3.05, 3.63) is 57.6 Å². The Hall–Kier alpha value is -1.56. The predicted molar refractivity (Wildman–Crippen MR) is 128 cm³/mol. The van der Waals surface area contributed by atoms with Gasteiger partial charge < -0.3 is 10.1 Å². The largest absolute Gasteiger partial charge is 0.490 e. The number of amides is 1. The molecule has 4 nitrogen and oxygen atoms in total. The highest BCUT2D eigenvalue weighted by Gasteiger charge is 2.39. The van der Waals surface area contributed by atoms with Crippen molar-refractivity contribution in [2.45, 2.75) is 58.1 Å². The number of anilines is 1. The zero-order chi connectivity index (χ0) is 20.8. The minimum Gasteiger partial charge on any atom is -0.490 e. The van der Waals surface area contributed by atoms with Crippen molar-refractivity contribution in [3.63, 3.8) is 0 Å². The summed E-state index contributed by atoms with van der Waals surface area (Å²) < 4.78 is 6.52. The zero-order valence-corrected chi connectivity index (χ0v) is 20.4. The summed E-state index contributed by atoms with van der Waals surface area (Å²) in [6.45, 7) is 10.9. The molecule has 162 valence electrons. The summed E-state index contributed by atoms with van der Waals surface area (Å²) >= 11 is 3.51. The minimum atomic E-state index is -0.111. The molecule has 1 unspecified atom stereocenters. The van der Waals surface area contributed by atoms with Crippen molar-refractivity contribution >= 4 is 39.9 Å². The fourth-order valence-corrected chi connectivity index (χ4v) is 5.16. The average Bonchev–Trinajstić information content (AvgIpc) is 3.10. The lowest BCUT2D eigenvalue weighted by atomic mass is 9.76. The summed E-state index contributed by atoms with van der Waals surface area (Å²) in [5.74, 6) is 0.633. The Morgan fingerprint density at radius 1 is 1.23 bits per heavy atom. The van der Waals surface area contributed by atoms with Gasteiger partial charge in [0.05, 0.1) is 10.6 Å². The van der Waals surface area contributed by atoms with E-state index in [0.29, 0.717) is 11.6 Å². The van der Waals surface area contributed by atoms with Crippen molar-refractivity contribution in [1.82, 2.24) is 4.90 Å². The fraction of sp³-hybridized carbons (Fsp3) is 0.458. The second-order valence-electron chi connectivity index (χ2n) is 9.08. The second-order valence-corrected chi connectivity index (χ2v) is 9.93. The minimum absolute atomic E-state index is 0. The Bertz CT molecular complexity index is 945. The quantitative estimate of drug-likeness (QED) is 0.540. The van der Waals surface area contributed by atoms with Gasteiger partial charge in [0.15, 0.2) is 0 Å². The summed E-state index contributed by atoms with van der Waals surface area (Å²) in [5, 5.41) is 3.08. The number of nitrogens with one attached hydrogen (secondary N) is 1. The van der Waals surface area contributed by atoms with Crippen LogP contribution in [0.3, 0.4) is 0 Å². The van der Waals surface area contributed by atoms with Gasteiger partial charge in [-0.3, -0.25) is 9.69 Å². The van der Waals surface area contributed by atoms with Gasteiger partial charge in [-0.2, -0.15) is 0 Å². The first-order valence-corrected chi connectivity index (χ1v) is 11.2. The summed E-state index contributed by atoms with van der Waals surface area (Å²) in [6, 6.07) is 12.4. The molecule has 1 amide bonds. The van der Waals surface area contributed by atoms with Crippen molar-refractivity contribution in [3.8, 4) is 5.75 Å². The molecule has 0 aromatic heterocycles. The maximum absolute atomic E-state index is 12.8. The van der Waals surface area contributed by atoms with Gasteiger partial charge in [0, 0.05) is 29.3 Å². The van der Waals surface area contributed by atoms with Crippen LogP contribution in [-0.4, -0.2) is 30.0 Å². The molecule has 1 atom stereocenters. The molecule has 2 heterocycles. The third kappa shape index (κ3) is 4.53. The number of rotatable bonds is 4. The van der Waals surface area contributed by atoms with E-state index in [4.69, 9.17) is 4.74 Å². The predicted octanol–water partition coefficient (Wildman–Crippen LogP) is 6.34. The molecule has 0 radical (unpaired) electrons. The van der Waals surface area contributed by atoms with E-state index >= 15 is 0 Å². The van der Waals surface area contributed by atoms with Crippen molar-refractivity contribution in [1.29, 1.82) is 0 Å². The standard InChI is InChI=1S/C24H29BrN2O2.ClH/c1-15(2)29-22-10-7-16(12-20(22)25)23(28)26-17-8-9-19-18(13-17)21-6-5-11-27(21)14-24(19,3)4;/h7-10,12-13,15,21H,5-6,11,14H2,1-4H3,(H,26,28);1H. The lowest BCUT2D eigenvalue weighted by Gasteiger charge is -2.42. The Labute approximate surface area is 193 Å². The van der Waals surface area contributed by atoms with E-state index in [-0.39, 0.29) is 29.8 Å². The molecule has 1 saturated heterocycles. The molecule has 1 fully saturated rings. The molecule has 2 aromatic rings. The van der Waals surface area contributed by atoms with E-state index in [1.165, 1.54) is 30.5 Å². The van der Waals surface area contributed by atoms with E-state index in [9.17, 15) is 4.79 Å². The summed E-state index contributed by atoms with van der Waals surface area (Å²) in [5.41, 5.74) is 4.39. The first-order valence-electron chi connectivity index (χ1n) is 10.4. The van der Waals surface area contributed by atoms with Gasteiger partial charge >= 0.3 is 0 Å². The lowest BCUT2D eigenvalue weighted by Crippen LogP contribution is -2.42. The molecule has 2 aliphatic rings. The van der Waals surface area contributed by atoms with Gasteiger partial charge in [-0.05, 0) is 90.6 Å². The number of carbonyl (C=O) groups excluding carboxylic acids is 1. The summed E-state index contributed by atoms with van der Waals surface area (Å²) in [7, 11) is 0. The lowest BCUT2D eigenvalue weighted by molar-refractivity contribution is 0.102. The van der Waals surface area contributed by atoms with Gasteiger partial charge in [0.2, 0.25) is 0 Å². The number of nitrogens with zero attached hydrogens (tertiary/aromatic N) is 1. The molecule has 4 rings (SSSR count). The van der Waals surface area contributed by atoms with Crippen molar-refractivity contribution < 1.29 is 9.53 Å². The van der Waals surface area contributed by atoms with Gasteiger partial charge in [0.1, 0.15) is 5.75 Å². The third-order valence-corrected chi connectivity index (χ3v) is 6.54. The van der Waals surface area contributed by atoms with Crippen LogP contribution in [0.1, 0.15) is 68.1 Å². The fourth-order valence-electron chi connectivity index (χ4n) is 4.69. The number of fused-ring (bicyclic) bond motifs is 3. The van der Waals surface area contributed by atoms with Crippen LogP contribution in [0.25, 0.3) is 0 Å². The second kappa shape index (κ2) is 8.89. The van der Waals surface area contributed by atoms with Crippen LogP contribution < -0.4 is 10.1 Å². The molecule has 0 saturated carbocycles. The van der Waals surface area contributed by atoms with Gasteiger partial charge in [-0.15, -0.1) is 12.4 Å². The highest BCUT2D eigenvalue weighted by Crippen LogP contribution is 2.45. The van der Waals surface area contributed by atoms with E-state index in [2.05, 4.69) is 52.1 Å². The van der Waals surface area contributed by atoms with E-state index in [0.717, 1.165) is 22.5 Å². The Kier molecular flexibility index (Phi) is 6.85. The number of carbonyl (C=O) groups is 1. The van der Waals surface area contributed by atoms with Gasteiger partial charge in [-0.1, -0.05) is 19.9 Å². The highest BCUT2D eigenvalue weighted by molar-refractivity contribution is 9.10. The SMILES string of the molecule is CC(C)Oc1ccc(C(=O)Nc2ccc3c(c2)C2CCCN2CC3(C)C)cc1Br.Cl. The molecule has 0 bridgehead atoms.